The van der Waals surface area contributed by atoms with Gasteiger partial charge in [-0.2, -0.15) is 18.3 Å². The SMILES string of the molecule is COC(C)C12CC(C[C@@H](C)C1)N2C(=O)N/C=C/C(=C(\C=N)C(F)(F)F)c1ncn(C)n1. The number of hydrogen-bond acceptors (Lipinski definition) is 5. The zero-order chi connectivity index (χ0) is 23.0. The average Bonchev–Trinajstić information content (AvgIpc) is 3.10. The van der Waals surface area contributed by atoms with Gasteiger partial charge in [-0.15, -0.1) is 0 Å². The second kappa shape index (κ2) is 8.45. The fourth-order valence-electron chi connectivity index (χ4n) is 4.81. The number of likely N-dealkylation sites (tertiary alicyclic amines) is 1. The molecule has 1 saturated heterocycles. The van der Waals surface area contributed by atoms with Crippen LogP contribution in [0, 0.1) is 11.3 Å². The van der Waals surface area contributed by atoms with Crippen molar-refractivity contribution >= 4 is 17.8 Å². The maximum absolute atomic E-state index is 13.4. The number of carbonyl (C=O) groups is 1. The number of methoxy groups -OCH3 is 1. The van der Waals surface area contributed by atoms with Crippen LogP contribution in [0.15, 0.2) is 24.2 Å². The molecule has 3 rings (SSSR count). The summed E-state index contributed by atoms with van der Waals surface area (Å²) in [6.45, 7) is 4.07. The smallest absolute Gasteiger partial charge is 0.379 e. The molecule has 2 bridgehead atoms. The van der Waals surface area contributed by atoms with Gasteiger partial charge in [0.2, 0.25) is 0 Å². The molecule has 2 fully saturated rings. The van der Waals surface area contributed by atoms with Gasteiger partial charge in [-0.1, -0.05) is 6.92 Å². The third-order valence-corrected chi connectivity index (χ3v) is 6.18. The summed E-state index contributed by atoms with van der Waals surface area (Å²) in [6, 6.07) is -0.311. The topological polar surface area (TPSA) is 96.1 Å². The Morgan fingerprint density at radius 2 is 2.16 bits per heavy atom. The van der Waals surface area contributed by atoms with E-state index in [4.69, 9.17) is 10.1 Å². The first kappa shape index (κ1) is 23.0. The predicted octanol–water partition coefficient (Wildman–Crippen LogP) is 3.28. The lowest BCUT2D eigenvalue weighted by atomic mass is 9.62. The molecule has 0 spiro atoms. The van der Waals surface area contributed by atoms with Crippen molar-refractivity contribution in [2.24, 2.45) is 13.0 Å². The van der Waals surface area contributed by atoms with Crippen molar-refractivity contribution < 1.29 is 22.7 Å². The Labute approximate surface area is 178 Å². The average molecular weight is 440 g/mol. The van der Waals surface area contributed by atoms with Crippen LogP contribution in [-0.4, -0.2) is 62.9 Å². The van der Waals surface area contributed by atoms with Crippen LogP contribution in [0.3, 0.4) is 0 Å². The Hall–Kier alpha value is -2.69. The standard InChI is InChI=1S/C20H27F3N6O2/c1-12-7-14-9-19(8-12,13(2)31-4)29(14)18(30)25-6-5-15(16(10-24)20(21,22)23)17-26-11-28(3)27-17/h5-6,10-14,24H,7-9H2,1-4H3,(H,25,30)/b6-5+,16-15-,24-10?/t12-,13?,14?,19?/m1/s1. The number of piperidine rings is 1. The molecule has 31 heavy (non-hydrogen) atoms. The molecule has 1 aliphatic carbocycles. The molecule has 11 heteroatoms. The molecule has 0 radical (unpaired) electrons. The molecule has 4 atom stereocenters. The van der Waals surface area contributed by atoms with Crippen LogP contribution in [0.4, 0.5) is 18.0 Å². The van der Waals surface area contributed by atoms with E-state index in [0.29, 0.717) is 5.92 Å². The number of allylic oxidation sites excluding steroid dienone is 3. The molecule has 170 valence electrons. The number of aryl methyl sites for hydroxylation is 1. The summed E-state index contributed by atoms with van der Waals surface area (Å²) in [6.07, 6.45) is 1.30. The Balaban J connectivity index is 1.84. The summed E-state index contributed by atoms with van der Waals surface area (Å²) in [5.41, 5.74) is -2.02. The van der Waals surface area contributed by atoms with E-state index in [9.17, 15) is 18.0 Å². The number of ether oxygens (including phenoxy) is 1. The van der Waals surface area contributed by atoms with Crippen molar-refractivity contribution in [1.82, 2.24) is 25.0 Å². The molecule has 0 aromatic carbocycles. The Kier molecular flexibility index (Phi) is 6.26. The molecule has 2 aliphatic rings. The van der Waals surface area contributed by atoms with Crippen molar-refractivity contribution in [3.63, 3.8) is 0 Å². The van der Waals surface area contributed by atoms with Crippen molar-refractivity contribution in [1.29, 1.82) is 5.41 Å². The molecule has 2 N–H and O–H groups in total. The van der Waals surface area contributed by atoms with Crippen molar-refractivity contribution in [3.8, 4) is 0 Å². The van der Waals surface area contributed by atoms with E-state index in [-0.39, 0.29) is 30.2 Å². The van der Waals surface area contributed by atoms with Gasteiger partial charge < -0.3 is 20.4 Å². The molecule has 2 heterocycles. The van der Waals surface area contributed by atoms with Crippen molar-refractivity contribution in [2.45, 2.75) is 57.0 Å². The van der Waals surface area contributed by atoms with Gasteiger partial charge in [0.25, 0.3) is 0 Å². The van der Waals surface area contributed by atoms with Crippen molar-refractivity contribution in [3.05, 3.63) is 30.0 Å². The fourth-order valence-corrected chi connectivity index (χ4v) is 4.81. The summed E-state index contributed by atoms with van der Waals surface area (Å²) in [7, 11) is 3.13. The number of alkyl halides is 3. The maximum Gasteiger partial charge on any atom is 0.418 e. The maximum atomic E-state index is 13.4. The van der Waals surface area contributed by atoms with Crippen LogP contribution in [0.5, 0.6) is 0 Å². The van der Waals surface area contributed by atoms with E-state index >= 15 is 0 Å². The van der Waals surface area contributed by atoms with Crippen LogP contribution in [-0.2, 0) is 11.8 Å². The van der Waals surface area contributed by atoms with Gasteiger partial charge in [-0.25, -0.2) is 9.78 Å². The number of carbonyl (C=O) groups excluding carboxylic acids is 1. The molecule has 1 aromatic rings. The molecule has 1 aliphatic heterocycles. The van der Waals surface area contributed by atoms with Crippen LogP contribution >= 0.6 is 0 Å². The van der Waals surface area contributed by atoms with E-state index in [0.717, 1.165) is 31.5 Å². The first-order chi connectivity index (χ1) is 14.5. The molecule has 2 amide bonds. The summed E-state index contributed by atoms with van der Waals surface area (Å²) < 4.78 is 47.0. The monoisotopic (exact) mass is 440 g/mol. The van der Waals surface area contributed by atoms with E-state index in [1.807, 2.05) is 6.92 Å². The second-order valence-electron chi connectivity index (χ2n) is 8.25. The summed E-state index contributed by atoms with van der Waals surface area (Å²) in [4.78, 5) is 18.5. The Bertz CT molecular complexity index is 909. The van der Waals surface area contributed by atoms with Gasteiger partial charge in [0.15, 0.2) is 5.82 Å². The number of hydrogen-bond donors (Lipinski definition) is 2. The molecule has 3 unspecified atom stereocenters. The van der Waals surface area contributed by atoms with Gasteiger partial charge >= 0.3 is 12.2 Å². The number of fused-ring (bicyclic) bond motifs is 2. The van der Waals surface area contributed by atoms with Gasteiger partial charge in [0, 0.05) is 38.2 Å². The quantitative estimate of drug-likeness (QED) is 0.524. The number of urea groups is 1. The number of rotatable bonds is 6. The summed E-state index contributed by atoms with van der Waals surface area (Å²) in [5, 5.41) is 13.7. The number of nitrogens with zero attached hydrogens (tertiary/aromatic N) is 4. The fraction of sp³-hybridized carbons (Fsp3) is 0.600. The summed E-state index contributed by atoms with van der Waals surface area (Å²) >= 11 is 0. The molecular formula is C20H27F3N6O2. The lowest BCUT2D eigenvalue weighted by Crippen LogP contribution is -2.76. The molecule has 1 saturated carbocycles. The second-order valence-corrected chi connectivity index (χ2v) is 8.25. The highest BCUT2D eigenvalue weighted by Crippen LogP contribution is 2.52. The van der Waals surface area contributed by atoms with E-state index in [1.165, 1.54) is 18.1 Å². The minimum absolute atomic E-state index is 0.0783. The lowest BCUT2D eigenvalue weighted by molar-refractivity contribution is -0.157. The van der Waals surface area contributed by atoms with Gasteiger partial charge in [0.1, 0.15) is 6.33 Å². The molecule has 8 nitrogen and oxygen atoms in total. The number of halogens is 3. The zero-order valence-corrected chi connectivity index (χ0v) is 17.9. The highest BCUT2D eigenvalue weighted by atomic mass is 19.4. The number of amides is 2. The van der Waals surface area contributed by atoms with Crippen LogP contribution < -0.4 is 5.32 Å². The molecular weight excluding hydrogens is 413 g/mol. The lowest BCUT2D eigenvalue weighted by Gasteiger charge is -2.65. The largest absolute Gasteiger partial charge is 0.418 e. The van der Waals surface area contributed by atoms with Gasteiger partial charge in [-0.3, -0.25) is 4.68 Å². The predicted molar refractivity (Wildman–Crippen MR) is 108 cm³/mol. The number of aromatic nitrogens is 3. The van der Waals surface area contributed by atoms with Crippen LogP contribution in [0.1, 0.15) is 38.9 Å². The van der Waals surface area contributed by atoms with E-state index in [2.05, 4.69) is 22.3 Å². The van der Waals surface area contributed by atoms with E-state index < -0.39 is 22.9 Å². The third kappa shape index (κ3) is 4.23. The van der Waals surface area contributed by atoms with Crippen molar-refractivity contribution in [2.75, 3.05) is 7.11 Å². The summed E-state index contributed by atoms with van der Waals surface area (Å²) in [5.74, 6) is 0.269. The van der Waals surface area contributed by atoms with Gasteiger partial charge in [0.05, 0.1) is 17.2 Å². The first-order valence-electron chi connectivity index (χ1n) is 10.0. The Morgan fingerprint density at radius 3 is 2.71 bits per heavy atom. The highest BCUT2D eigenvalue weighted by molar-refractivity contribution is 5.93. The normalized spacial score (nSPS) is 27.5. The van der Waals surface area contributed by atoms with Crippen LogP contribution in [0.2, 0.25) is 0 Å². The highest BCUT2D eigenvalue weighted by Gasteiger charge is 2.60. The molecule has 1 aromatic heterocycles. The minimum atomic E-state index is -4.77. The minimum Gasteiger partial charge on any atom is -0.379 e. The Morgan fingerprint density at radius 1 is 1.45 bits per heavy atom. The number of nitrogens with one attached hydrogen (secondary N) is 2. The van der Waals surface area contributed by atoms with Crippen LogP contribution in [0.25, 0.3) is 5.57 Å². The zero-order valence-electron chi connectivity index (χ0n) is 17.9. The van der Waals surface area contributed by atoms with Gasteiger partial charge in [-0.05, 0) is 38.2 Å². The third-order valence-electron chi connectivity index (χ3n) is 6.18. The first-order valence-corrected chi connectivity index (χ1v) is 10.0. The van der Waals surface area contributed by atoms with E-state index in [1.54, 1.807) is 12.0 Å².